The summed E-state index contributed by atoms with van der Waals surface area (Å²) in [7, 11) is 1.67. The molecular formula is C17H18N2O2. The Morgan fingerprint density at radius 1 is 1.14 bits per heavy atom. The summed E-state index contributed by atoms with van der Waals surface area (Å²) < 4.78 is 7.40. The zero-order valence-corrected chi connectivity index (χ0v) is 12.2. The van der Waals surface area contributed by atoms with E-state index in [2.05, 4.69) is 4.98 Å². The van der Waals surface area contributed by atoms with Crippen LogP contribution in [-0.4, -0.2) is 21.6 Å². The van der Waals surface area contributed by atoms with E-state index < -0.39 is 0 Å². The summed E-state index contributed by atoms with van der Waals surface area (Å²) in [5.74, 6) is 0.843. The Balaban J connectivity index is 2.10. The number of fused-ring (bicyclic) bond motifs is 1. The highest BCUT2D eigenvalue weighted by Gasteiger charge is 2.14. The number of aryl methyl sites for hydroxylation is 1. The molecule has 0 amide bonds. The third-order valence-corrected chi connectivity index (χ3v) is 3.72. The first-order valence-electron chi connectivity index (χ1n) is 6.93. The molecule has 108 valence electrons. The minimum atomic E-state index is -0.0312. The van der Waals surface area contributed by atoms with Crippen LogP contribution in [-0.2, 0) is 13.0 Å². The van der Waals surface area contributed by atoms with Crippen molar-refractivity contribution in [1.29, 1.82) is 0 Å². The standard InChI is InChI=1S/C17H18N2O2/c1-12-6-5-9-17-18-14(15(11-20)19(12)17)10-13-7-3-4-8-16(13)21-2/h3-9,20H,10-11H2,1-2H3. The Morgan fingerprint density at radius 3 is 2.71 bits per heavy atom. The molecule has 3 aromatic rings. The van der Waals surface area contributed by atoms with Crippen LogP contribution in [0.25, 0.3) is 5.65 Å². The molecule has 0 fully saturated rings. The van der Waals surface area contributed by atoms with E-state index in [0.717, 1.165) is 34.0 Å². The Morgan fingerprint density at radius 2 is 1.95 bits per heavy atom. The van der Waals surface area contributed by atoms with Crippen molar-refractivity contribution in [3.05, 3.63) is 65.1 Å². The highest BCUT2D eigenvalue weighted by molar-refractivity contribution is 5.47. The molecule has 1 N–H and O–H groups in total. The normalized spacial score (nSPS) is 11.0. The van der Waals surface area contributed by atoms with Crippen molar-refractivity contribution in [3.8, 4) is 5.75 Å². The van der Waals surface area contributed by atoms with Crippen molar-refractivity contribution in [2.75, 3.05) is 7.11 Å². The molecule has 0 aliphatic heterocycles. The third-order valence-electron chi connectivity index (χ3n) is 3.72. The van der Waals surface area contributed by atoms with Crippen LogP contribution in [0.4, 0.5) is 0 Å². The minimum Gasteiger partial charge on any atom is -0.496 e. The molecule has 1 aromatic carbocycles. The molecule has 0 aliphatic carbocycles. The molecule has 0 unspecified atom stereocenters. The van der Waals surface area contributed by atoms with Crippen LogP contribution in [0.3, 0.4) is 0 Å². The molecule has 0 saturated heterocycles. The molecule has 0 saturated carbocycles. The van der Waals surface area contributed by atoms with E-state index in [-0.39, 0.29) is 6.61 Å². The van der Waals surface area contributed by atoms with E-state index in [1.54, 1.807) is 7.11 Å². The number of benzene rings is 1. The molecule has 2 aromatic heterocycles. The second kappa shape index (κ2) is 5.58. The Hall–Kier alpha value is -2.33. The summed E-state index contributed by atoms with van der Waals surface area (Å²) in [5.41, 5.74) is 4.72. The summed E-state index contributed by atoms with van der Waals surface area (Å²) >= 11 is 0. The largest absolute Gasteiger partial charge is 0.496 e. The van der Waals surface area contributed by atoms with Gasteiger partial charge >= 0.3 is 0 Å². The first-order valence-corrected chi connectivity index (χ1v) is 6.93. The number of para-hydroxylation sites is 1. The second-order valence-corrected chi connectivity index (χ2v) is 5.01. The average molecular weight is 282 g/mol. The lowest BCUT2D eigenvalue weighted by atomic mass is 10.1. The number of ether oxygens (including phenoxy) is 1. The van der Waals surface area contributed by atoms with Crippen LogP contribution >= 0.6 is 0 Å². The third kappa shape index (κ3) is 2.38. The lowest BCUT2D eigenvalue weighted by molar-refractivity contribution is 0.274. The maximum absolute atomic E-state index is 9.74. The van der Waals surface area contributed by atoms with Crippen LogP contribution in [0.5, 0.6) is 5.75 Å². The van der Waals surface area contributed by atoms with Gasteiger partial charge in [-0.1, -0.05) is 24.3 Å². The van der Waals surface area contributed by atoms with Gasteiger partial charge in [0.25, 0.3) is 0 Å². The maximum Gasteiger partial charge on any atom is 0.137 e. The van der Waals surface area contributed by atoms with Gasteiger partial charge in [0.15, 0.2) is 0 Å². The van der Waals surface area contributed by atoms with Crippen molar-refractivity contribution in [1.82, 2.24) is 9.38 Å². The summed E-state index contributed by atoms with van der Waals surface area (Å²) in [5, 5.41) is 9.74. The molecule has 0 aliphatic rings. The van der Waals surface area contributed by atoms with Gasteiger partial charge in [-0.15, -0.1) is 0 Å². The highest BCUT2D eigenvalue weighted by atomic mass is 16.5. The number of imidazole rings is 1. The van der Waals surface area contributed by atoms with Gasteiger partial charge in [-0.25, -0.2) is 4.98 Å². The highest BCUT2D eigenvalue weighted by Crippen LogP contribution is 2.24. The average Bonchev–Trinajstić information content (AvgIpc) is 2.86. The minimum absolute atomic E-state index is 0.0312. The molecule has 21 heavy (non-hydrogen) atoms. The van der Waals surface area contributed by atoms with Gasteiger partial charge in [-0.05, 0) is 25.1 Å². The zero-order valence-electron chi connectivity index (χ0n) is 12.2. The van der Waals surface area contributed by atoms with Gasteiger partial charge in [-0.3, -0.25) is 4.40 Å². The number of hydrogen-bond donors (Lipinski definition) is 1. The molecular weight excluding hydrogens is 264 g/mol. The smallest absolute Gasteiger partial charge is 0.137 e. The predicted octanol–water partition coefficient (Wildman–Crippen LogP) is 2.73. The van der Waals surface area contributed by atoms with Crippen LogP contribution in [0, 0.1) is 6.92 Å². The van der Waals surface area contributed by atoms with Crippen molar-refractivity contribution < 1.29 is 9.84 Å². The summed E-state index contributed by atoms with van der Waals surface area (Å²) in [6.07, 6.45) is 0.640. The molecule has 0 spiro atoms. The first kappa shape index (κ1) is 13.6. The van der Waals surface area contributed by atoms with Crippen LogP contribution in [0.15, 0.2) is 42.5 Å². The lowest BCUT2D eigenvalue weighted by Crippen LogP contribution is -2.01. The van der Waals surface area contributed by atoms with Crippen molar-refractivity contribution in [3.63, 3.8) is 0 Å². The molecule has 3 rings (SSSR count). The molecule has 4 heteroatoms. The summed E-state index contributed by atoms with van der Waals surface area (Å²) in [4.78, 5) is 4.66. The molecule has 0 radical (unpaired) electrons. The molecule has 0 atom stereocenters. The number of pyridine rings is 1. The van der Waals surface area contributed by atoms with Crippen LogP contribution in [0.1, 0.15) is 22.6 Å². The van der Waals surface area contributed by atoms with Gasteiger partial charge in [0, 0.05) is 17.7 Å². The number of aliphatic hydroxyl groups is 1. The number of rotatable bonds is 4. The number of hydrogen-bond acceptors (Lipinski definition) is 3. The van der Waals surface area contributed by atoms with Crippen LogP contribution < -0.4 is 4.74 Å². The summed E-state index contributed by atoms with van der Waals surface area (Å²) in [6, 6.07) is 13.8. The van der Waals surface area contributed by atoms with E-state index >= 15 is 0 Å². The Kier molecular flexibility index (Phi) is 3.62. The SMILES string of the molecule is COc1ccccc1Cc1nc2cccc(C)n2c1CO. The van der Waals surface area contributed by atoms with Gasteiger partial charge < -0.3 is 9.84 Å². The monoisotopic (exact) mass is 282 g/mol. The van der Waals surface area contributed by atoms with E-state index in [9.17, 15) is 5.11 Å². The maximum atomic E-state index is 9.74. The predicted molar refractivity (Wildman–Crippen MR) is 81.7 cm³/mol. The summed E-state index contributed by atoms with van der Waals surface area (Å²) in [6.45, 7) is 1.98. The van der Waals surface area contributed by atoms with Crippen LogP contribution in [0.2, 0.25) is 0 Å². The first-order chi connectivity index (χ1) is 10.2. The van der Waals surface area contributed by atoms with Gasteiger partial charge in [0.2, 0.25) is 0 Å². The zero-order chi connectivity index (χ0) is 14.8. The van der Waals surface area contributed by atoms with E-state index in [4.69, 9.17) is 4.74 Å². The fourth-order valence-corrected chi connectivity index (χ4v) is 2.71. The van der Waals surface area contributed by atoms with E-state index in [1.165, 1.54) is 0 Å². The lowest BCUT2D eigenvalue weighted by Gasteiger charge is -2.08. The fourth-order valence-electron chi connectivity index (χ4n) is 2.71. The van der Waals surface area contributed by atoms with Gasteiger partial charge in [0.05, 0.1) is 25.1 Å². The number of aromatic nitrogens is 2. The van der Waals surface area contributed by atoms with Crippen molar-refractivity contribution >= 4 is 5.65 Å². The number of methoxy groups -OCH3 is 1. The van der Waals surface area contributed by atoms with Crippen molar-refractivity contribution in [2.24, 2.45) is 0 Å². The fraction of sp³-hybridized carbons (Fsp3) is 0.235. The molecule has 2 heterocycles. The van der Waals surface area contributed by atoms with Gasteiger partial charge in [0.1, 0.15) is 11.4 Å². The van der Waals surface area contributed by atoms with E-state index in [0.29, 0.717) is 6.42 Å². The number of aliphatic hydroxyl groups excluding tert-OH is 1. The van der Waals surface area contributed by atoms with Crippen molar-refractivity contribution in [2.45, 2.75) is 20.0 Å². The number of nitrogens with zero attached hydrogens (tertiary/aromatic N) is 2. The second-order valence-electron chi connectivity index (χ2n) is 5.01. The van der Waals surface area contributed by atoms with Gasteiger partial charge in [-0.2, -0.15) is 0 Å². The Labute approximate surface area is 123 Å². The topological polar surface area (TPSA) is 46.8 Å². The quantitative estimate of drug-likeness (QED) is 0.800. The molecule has 0 bridgehead atoms. The van der Waals surface area contributed by atoms with E-state index in [1.807, 2.05) is 53.8 Å². The Bertz CT molecular complexity index is 778. The molecule has 4 nitrogen and oxygen atoms in total.